The summed E-state index contributed by atoms with van der Waals surface area (Å²) in [6.45, 7) is -0.159. The zero-order valence-electron chi connectivity index (χ0n) is 13.0. The smallest absolute Gasteiger partial charge is 0.376 e. The quantitative estimate of drug-likeness (QED) is 0.741. The molecule has 0 spiro atoms. The van der Waals surface area contributed by atoms with Gasteiger partial charge < -0.3 is 10.6 Å². The number of anilines is 2. The Morgan fingerprint density at radius 1 is 1.00 bits per heavy atom. The van der Waals surface area contributed by atoms with Gasteiger partial charge in [0, 0.05) is 11.1 Å². The summed E-state index contributed by atoms with van der Waals surface area (Å²) in [5, 5.41) is 6.23. The molecular formula is C18H14F3N3O. The molecule has 3 aromatic rings. The molecule has 0 saturated carbocycles. The number of hydrogen-bond acceptors (Lipinski definition) is 3. The van der Waals surface area contributed by atoms with Crippen molar-refractivity contribution in [1.82, 2.24) is 4.98 Å². The van der Waals surface area contributed by atoms with Crippen LogP contribution in [0.25, 0.3) is 10.9 Å². The van der Waals surface area contributed by atoms with Gasteiger partial charge in [0.05, 0.1) is 29.5 Å². The summed E-state index contributed by atoms with van der Waals surface area (Å²) < 4.78 is 38.0. The van der Waals surface area contributed by atoms with Crippen LogP contribution in [0.4, 0.5) is 24.5 Å². The van der Waals surface area contributed by atoms with Gasteiger partial charge in [-0.1, -0.05) is 24.3 Å². The molecule has 0 aliphatic heterocycles. The maximum Gasteiger partial charge on any atom is 0.416 e. The lowest BCUT2D eigenvalue weighted by molar-refractivity contribution is -0.137. The van der Waals surface area contributed by atoms with Gasteiger partial charge in [-0.15, -0.1) is 0 Å². The largest absolute Gasteiger partial charge is 0.416 e. The SMILES string of the molecule is O=C(CNc1cccc(C(F)(F)F)c1)Nc1cnc2ccccc2c1. The van der Waals surface area contributed by atoms with E-state index in [-0.39, 0.29) is 18.1 Å². The molecule has 7 heteroatoms. The van der Waals surface area contributed by atoms with E-state index in [4.69, 9.17) is 0 Å². The van der Waals surface area contributed by atoms with E-state index in [9.17, 15) is 18.0 Å². The maximum absolute atomic E-state index is 12.7. The predicted molar refractivity (Wildman–Crippen MR) is 90.3 cm³/mol. The number of hydrogen-bond donors (Lipinski definition) is 2. The van der Waals surface area contributed by atoms with Gasteiger partial charge in [0.15, 0.2) is 0 Å². The molecule has 0 unspecified atom stereocenters. The van der Waals surface area contributed by atoms with Gasteiger partial charge in [-0.3, -0.25) is 9.78 Å². The number of benzene rings is 2. The van der Waals surface area contributed by atoms with Crippen LogP contribution in [0.2, 0.25) is 0 Å². The molecule has 3 rings (SSSR count). The number of rotatable bonds is 4. The van der Waals surface area contributed by atoms with Crippen molar-refractivity contribution in [2.45, 2.75) is 6.18 Å². The van der Waals surface area contributed by atoms with Crippen molar-refractivity contribution in [1.29, 1.82) is 0 Å². The lowest BCUT2D eigenvalue weighted by Gasteiger charge is -2.11. The van der Waals surface area contributed by atoms with E-state index >= 15 is 0 Å². The topological polar surface area (TPSA) is 54.0 Å². The summed E-state index contributed by atoms with van der Waals surface area (Å²) in [7, 11) is 0. The molecule has 2 aromatic carbocycles. The molecule has 0 radical (unpaired) electrons. The molecule has 1 amide bonds. The zero-order chi connectivity index (χ0) is 17.9. The molecule has 2 N–H and O–H groups in total. The second kappa shape index (κ2) is 6.80. The monoisotopic (exact) mass is 345 g/mol. The highest BCUT2D eigenvalue weighted by atomic mass is 19.4. The van der Waals surface area contributed by atoms with Crippen molar-refractivity contribution < 1.29 is 18.0 Å². The van der Waals surface area contributed by atoms with Crippen molar-refractivity contribution in [2.24, 2.45) is 0 Å². The van der Waals surface area contributed by atoms with E-state index in [0.717, 1.165) is 23.0 Å². The number of nitrogens with one attached hydrogen (secondary N) is 2. The standard InChI is InChI=1S/C18H14F3N3O/c19-18(20,21)13-5-3-6-14(9-13)22-11-17(25)24-15-8-12-4-1-2-7-16(12)23-10-15/h1-10,22H,11H2,(H,24,25). The number of alkyl halides is 3. The summed E-state index contributed by atoms with van der Waals surface area (Å²) in [5.41, 5.74) is 0.787. The first kappa shape index (κ1) is 16.8. The summed E-state index contributed by atoms with van der Waals surface area (Å²) in [5.74, 6) is -0.380. The van der Waals surface area contributed by atoms with Crippen LogP contribution >= 0.6 is 0 Å². The van der Waals surface area contributed by atoms with E-state index in [1.165, 1.54) is 18.3 Å². The first-order chi connectivity index (χ1) is 11.9. The third-order valence-corrected chi connectivity index (χ3v) is 3.52. The Morgan fingerprint density at radius 3 is 2.60 bits per heavy atom. The van der Waals surface area contributed by atoms with E-state index in [2.05, 4.69) is 15.6 Å². The average molecular weight is 345 g/mol. The number of halogens is 3. The fourth-order valence-electron chi connectivity index (χ4n) is 2.33. The van der Waals surface area contributed by atoms with Crippen molar-refractivity contribution in [3.05, 3.63) is 66.4 Å². The molecule has 0 atom stereocenters. The Bertz CT molecular complexity index is 909. The molecule has 0 bridgehead atoms. The van der Waals surface area contributed by atoms with Gasteiger partial charge >= 0.3 is 6.18 Å². The minimum absolute atomic E-state index is 0.159. The Morgan fingerprint density at radius 2 is 1.80 bits per heavy atom. The van der Waals surface area contributed by atoms with Crippen molar-refractivity contribution in [2.75, 3.05) is 17.2 Å². The lowest BCUT2D eigenvalue weighted by atomic mass is 10.2. The highest BCUT2D eigenvalue weighted by Crippen LogP contribution is 2.30. The first-order valence-corrected chi connectivity index (χ1v) is 7.47. The highest BCUT2D eigenvalue weighted by molar-refractivity contribution is 5.95. The van der Waals surface area contributed by atoms with Crippen LogP contribution in [0.3, 0.4) is 0 Å². The Balaban J connectivity index is 1.62. The second-order valence-electron chi connectivity index (χ2n) is 5.40. The Hall–Kier alpha value is -3.09. The van der Waals surface area contributed by atoms with Crippen LogP contribution in [0.15, 0.2) is 60.8 Å². The molecule has 25 heavy (non-hydrogen) atoms. The molecule has 0 aliphatic rings. The normalized spacial score (nSPS) is 11.3. The zero-order valence-corrected chi connectivity index (χ0v) is 13.0. The lowest BCUT2D eigenvalue weighted by Crippen LogP contribution is -2.22. The Labute approximate surface area is 141 Å². The second-order valence-corrected chi connectivity index (χ2v) is 5.40. The third kappa shape index (κ3) is 4.26. The van der Waals surface area contributed by atoms with Crippen LogP contribution < -0.4 is 10.6 Å². The van der Waals surface area contributed by atoms with Gasteiger partial charge in [0.1, 0.15) is 0 Å². The third-order valence-electron chi connectivity index (χ3n) is 3.52. The summed E-state index contributed by atoms with van der Waals surface area (Å²) in [4.78, 5) is 16.2. The molecule has 1 heterocycles. The number of amides is 1. The van der Waals surface area contributed by atoms with Crippen molar-refractivity contribution in [3.8, 4) is 0 Å². The van der Waals surface area contributed by atoms with Crippen LogP contribution in [-0.4, -0.2) is 17.4 Å². The molecule has 128 valence electrons. The van der Waals surface area contributed by atoms with Gasteiger partial charge in [-0.05, 0) is 30.3 Å². The molecule has 1 aromatic heterocycles. The number of carbonyl (C=O) groups is 1. The van der Waals surface area contributed by atoms with Crippen LogP contribution in [0.1, 0.15) is 5.56 Å². The van der Waals surface area contributed by atoms with Gasteiger partial charge in [-0.2, -0.15) is 13.2 Å². The van der Waals surface area contributed by atoms with Gasteiger partial charge in [0.25, 0.3) is 0 Å². The summed E-state index contributed by atoms with van der Waals surface area (Å²) in [6.07, 6.45) is -2.89. The predicted octanol–water partition coefficient (Wildman–Crippen LogP) is 4.30. The van der Waals surface area contributed by atoms with E-state index in [1.807, 2.05) is 24.3 Å². The number of aromatic nitrogens is 1. The number of nitrogens with zero attached hydrogens (tertiary/aromatic N) is 1. The maximum atomic E-state index is 12.7. The van der Waals surface area contributed by atoms with Crippen molar-refractivity contribution >= 4 is 28.2 Å². The fourth-order valence-corrected chi connectivity index (χ4v) is 2.33. The average Bonchev–Trinajstić information content (AvgIpc) is 2.59. The highest BCUT2D eigenvalue weighted by Gasteiger charge is 2.30. The number of carbonyl (C=O) groups excluding carboxylic acids is 1. The van der Waals surface area contributed by atoms with Crippen LogP contribution in [0.5, 0.6) is 0 Å². The van der Waals surface area contributed by atoms with Crippen molar-refractivity contribution in [3.63, 3.8) is 0 Å². The molecule has 0 saturated heterocycles. The van der Waals surface area contributed by atoms with Gasteiger partial charge in [0.2, 0.25) is 5.91 Å². The molecule has 4 nitrogen and oxygen atoms in total. The summed E-state index contributed by atoms with van der Waals surface area (Å²) >= 11 is 0. The minimum Gasteiger partial charge on any atom is -0.376 e. The van der Waals surface area contributed by atoms with E-state index in [1.54, 1.807) is 6.07 Å². The van der Waals surface area contributed by atoms with Crippen LogP contribution in [0, 0.1) is 0 Å². The van der Waals surface area contributed by atoms with Crippen LogP contribution in [-0.2, 0) is 11.0 Å². The Kier molecular flexibility index (Phi) is 4.56. The van der Waals surface area contributed by atoms with Gasteiger partial charge in [-0.25, -0.2) is 0 Å². The van der Waals surface area contributed by atoms with E-state index in [0.29, 0.717) is 5.69 Å². The fraction of sp³-hybridized carbons (Fsp3) is 0.111. The molecule has 0 aliphatic carbocycles. The molecular weight excluding hydrogens is 331 g/mol. The number of fused-ring (bicyclic) bond motifs is 1. The summed E-state index contributed by atoms with van der Waals surface area (Å²) in [6, 6.07) is 13.9. The minimum atomic E-state index is -4.42. The number of para-hydroxylation sites is 1. The number of pyridine rings is 1. The molecule has 0 fully saturated rings. The first-order valence-electron chi connectivity index (χ1n) is 7.47. The van der Waals surface area contributed by atoms with E-state index < -0.39 is 11.7 Å².